The Morgan fingerprint density at radius 3 is 2.42 bits per heavy atom. The van der Waals surface area contributed by atoms with E-state index in [1.807, 2.05) is 37.3 Å². The molecular weight excluding hydrogens is 394 g/mol. The van der Waals surface area contributed by atoms with Gasteiger partial charge < -0.3 is 14.8 Å². The summed E-state index contributed by atoms with van der Waals surface area (Å²) in [5.74, 6) is 1.49. The van der Waals surface area contributed by atoms with Gasteiger partial charge >= 0.3 is 0 Å². The van der Waals surface area contributed by atoms with Gasteiger partial charge in [-0.05, 0) is 55.8 Å². The van der Waals surface area contributed by atoms with Gasteiger partial charge in [0.25, 0.3) is 0 Å². The number of rotatable bonds is 8. The fourth-order valence-corrected chi connectivity index (χ4v) is 2.75. The summed E-state index contributed by atoms with van der Waals surface area (Å²) >= 11 is 9.40. The fourth-order valence-electron chi connectivity index (χ4n) is 2.03. The standard InChI is InChI=1S/C18H19BrClNO3/c1-2-23-14-6-8-15(9-7-14)24-11-3-4-18(22)21-17-10-5-13(19)12-16(17)20/h5-10,12H,2-4,11H2,1H3,(H,21,22). The van der Waals surface area contributed by atoms with Crippen molar-refractivity contribution in [2.75, 3.05) is 18.5 Å². The molecule has 1 amide bonds. The van der Waals surface area contributed by atoms with Gasteiger partial charge in [0, 0.05) is 10.9 Å². The number of carbonyl (C=O) groups excluding carboxylic acids is 1. The first-order valence-corrected chi connectivity index (χ1v) is 8.86. The highest BCUT2D eigenvalue weighted by Gasteiger charge is 2.06. The summed E-state index contributed by atoms with van der Waals surface area (Å²) in [6.07, 6.45) is 0.983. The molecule has 128 valence electrons. The molecule has 0 aliphatic heterocycles. The Labute approximate surface area is 155 Å². The van der Waals surface area contributed by atoms with Gasteiger partial charge in [0.15, 0.2) is 0 Å². The van der Waals surface area contributed by atoms with Crippen molar-refractivity contribution < 1.29 is 14.3 Å². The lowest BCUT2D eigenvalue weighted by atomic mass is 10.2. The van der Waals surface area contributed by atoms with E-state index in [-0.39, 0.29) is 5.91 Å². The number of halogens is 2. The molecule has 0 fully saturated rings. The van der Waals surface area contributed by atoms with Crippen LogP contribution in [0.2, 0.25) is 5.02 Å². The van der Waals surface area contributed by atoms with E-state index in [4.69, 9.17) is 21.1 Å². The summed E-state index contributed by atoms with van der Waals surface area (Å²) in [7, 11) is 0. The number of amides is 1. The Morgan fingerprint density at radius 2 is 1.79 bits per heavy atom. The zero-order valence-electron chi connectivity index (χ0n) is 13.4. The Hall–Kier alpha value is -1.72. The third-order valence-corrected chi connectivity index (χ3v) is 3.96. The van der Waals surface area contributed by atoms with Crippen LogP contribution in [-0.2, 0) is 4.79 Å². The fraction of sp³-hybridized carbons (Fsp3) is 0.278. The van der Waals surface area contributed by atoms with E-state index in [9.17, 15) is 4.79 Å². The topological polar surface area (TPSA) is 47.6 Å². The lowest BCUT2D eigenvalue weighted by Crippen LogP contribution is -2.13. The summed E-state index contributed by atoms with van der Waals surface area (Å²) in [4.78, 5) is 11.9. The van der Waals surface area contributed by atoms with Gasteiger partial charge in [-0.25, -0.2) is 0 Å². The minimum atomic E-state index is -0.0884. The van der Waals surface area contributed by atoms with Crippen molar-refractivity contribution in [3.63, 3.8) is 0 Å². The molecule has 2 aromatic rings. The first-order chi connectivity index (χ1) is 11.6. The number of carbonyl (C=O) groups is 1. The predicted molar refractivity (Wildman–Crippen MR) is 100 cm³/mol. The molecule has 0 saturated carbocycles. The first kappa shape index (κ1) is 18.6. The second kappa shape index (κ2) is 9.55. The second-order valence-corrected chi connectivity index (χ2v) is 6.35. The Balaban J connectivity index is 1.70. The van der Waals surface area contributed by atoms with Gasteiger partial charge in [-0.3, -0.25) is 4.79 Å². The smallest absolute Gasteiger partial charge is 0.224 e. The molecule has 0 bridgehead atoms. The highest BCUT2D eigenvalue weighted by atomic mass is 79.9. The van der Waals surface area contributed by atoms with Crippen molar-refractivity contribution in [3.05, 3.63) is 52.0 Å². The number of benzene rings is 2. The van der Waals surface area contributed by atoms with Crippen molar-refractivity contribution in [2.45, 2.75) is 19.8 Å². The molecule has 6 heteroatoms. The van der Waals surface area contributed by atoms with E-state index in [0.29, 0.717) is 36.8 Å². The Bertz CT molecular complexity index is 676. The molecule has 0 aliphatic carbocycles. The normalized spacial score (nSPS) is 10.3. The van der Waals surface area contributed by atoms with Gasteiger partial charge in [0.1, 0.15) is 11.5 Å². The number of anilines is 1. The van der Waals surface area contributed by atoms with Crippen LogP contribution in [0, 0.1) is 0 Å². The van der Waals surface area contributed by atoms with Crippen LogP contribution in [0.4, 0.5) is 5.69 Å². The second-order valence-electron chi connectivity index (χ2n) is 5.03. The Kier molecular flexibility index (Phi) is 7.40. The van der Waals surface area contributed by atoms with Gasteiger partial charge in [-0.15, -0.1) is 0 Å². The quantitative estimate of drug-likeness (QED) is 0.599. The van der Waals surface area contributed by atoms with Crippen molar-refractivity contribution >= 4 is 39.1 Å². The molecule has 0 heterocycles. The molecular formula is C18H19BrClNO3. The van der Waals surface area contributed by atoms with Crippen molar-refractivity contribution in [1.29, 1.82) is 0 Å². The van der Waals surface area contributed by atoms with Crippen LogP contribution in [0.3, 0.4) is 0 Å². The van der Waals surface area contributed by atoms with Crippen LogP contribution in [0.15, 0.2) is 46.9 Å². The average molecular weight is 413 g/mol. The molecule has 24 heavy (non-hydrogen) atoms. The molecule has 0 radical (unpaired) electrons. The molecule has 0 aliphatic rings. The first-order valence-electron chi connectivity index (χ1n) is 7.69. The van der Waals surface area contributed by atoms with Crippen molar-refractivity contribution in [3.8, 4) is 11.5 Å². The highest BCUT2D eigenvalue weighted by molar-refractivity contribution is 9.10. The lowest BCUT2D eigenvalue weighted by molar-refractivity contribution is -0.116. The molecule has 2 rings (SSSR count). The van der Waals surface area contributed by atoms with E-state index < -0.39 is 0 Å². The van der Waals surface area contributed by atoms with Gasteiger partial charge in [-0.2, -0.15) is 0 Å². The largest absolute Gasteiger partial charge is 0.494 e. The third-order valence-electron chi connectivity index (χ3n) is 3.16. The number of hydrogen-bond acceptors (Lipinski definition) is 3. The average Bonchev–Trinajstić information content (AvgIpc) is 2.56. The molecule has 0 unspecified atom stereocenters. The summed E-state index contributed by atoms with van der Waals surface area (Å²) in [5, 5.41) is 3.30. The van der Waals surface area contributed by atoms with E-state index in [2.05, 4.69) is 21.2 Å². The molecule has 0 atom stereocenters. The van der Waals surface area contributed by atoms with E-state index in [1.165, 1.54) is 0 Å². The van der Waals surface area contributed by atoms with Crippen LogP contribution < -0.4 is 14.8 Å². The minimum absolute atomic E-state index is 0.0884. The number of nitrogens with one attached hydrogen (secondary N) is 1. The molecule has 0 saturated heterocycles. The number of hydrogen-bond donors (Lipinski definition) is 1. The third kappa shape index (κ3) is 6.06. The van der Waals surface area contributed by atoms with Crippen LogP contribution >= 0.6 is 27.5 Å². The van der Waals surface area contributed by atoms with Crippen LogP contribution in [0.1, 0.15) is 19.8 Å². The van der Waals surface area contributed by atoms with Crippen molar-refractivity contribution in [1.82, 2.24) is 0 Å². The minimum Gasteiger partial charge on any atom is -0.494 e. The van der Waals surface area contributed by atoms with Gasteiger partial charge in [0.05, 0.1) is 23.9 Å². The van der Waals surface area contributed by atoms with E-state index in [1.54, 1.807) is 12.1 Å². The SMILES string of the molecule is CCOc1ccc(OCCCC(=O)Nc2ccc(Br)cc2Cl)cc1. The lowest BCUT2D eigenvalue weighted by Gasteiger charge is -2.09. The van der Waals surface area contributed by atoms with Crippen LogP contribution in [0.25, 0.3) is 0 Å². The maximum absolute atomic E-state index is 11.9. The monoisotopic (exact) mass is 411 g/mol. The molecule has 2 aromatic carbocycles. The zero-order valence-corrected chi connectivity index (χ0v) is 15.7. The highest BCUT2D eigenvalue weighted by Crippen LogP contribution is 2.25. The number of ether oxygens (including phenoxy) is 2. The van der Waals surface area contributed by atoms with Crippen LogP contribution in [-0.4, -0.2) is 19.1 Å². The van der Waals surface area contributed by atoms with E-state index >= 15 is 0 Å². The summed E-state index contributed by atoms with van der Waals surface area (Å²) in [6.45, 7) is 3.05. The van der Waals surface area contributed by atoms with Gasteiger partial charge in [-0.1, -0.05) is 27.5 Å². The Morgan fingerprint density at radius 1 is 1.12 bits per heavy atom. The molecule has 0 spiro atoms. The molecule has 0 aromatic heterocycles. The molecule has 4 nitrogen and oxygen atoms in total. The predicted octanol–water partition coefficient (Wildman–Crippen LogP) is 5.30. The van der Waals surface area contributed by atoms with Crippen LogP contribution in [0.5, 0.6) is 11.5 Å². The van der Waals surface area contributed by atoms with Crippen molar-refractivity contribution in [2.24, 2.45) is 0 Å². The summed E-state index contributed by atoms with van der Waals surface area (Å²) < 4.78 is 11.9. The van der Waals surface area contributed by atoms with Gasteiger partial charge in [0.2, 0.25) is 5.91 Å². The summed E-state index contributed by atoms with van der Waals surface area (Å²) in [6, 6.07) is 12.8. The molecule has 1 N–H and O–H groups in total. The van der Waals surface area contributed by atoms with E-state index in [0.717, 1.165) is 16.0 Å². The maximum Gasteiger partial charge on any atom is 0.224 e. The maximum atomic E-state index is 11.9. The summed E-state index contributed by atoms with van der Waals surface area (Å²) in [5.41, 5.74) is 0.609. The zero-order chi connectivity index (χ0) is 17.4.